The first kappa shape index (κ1) is 12.3. The Hall–Kier alpha value is -1.20. The Morgan fingerprint density at radius 3 is 2.88 bits per heavy atom. The third kappa shape index (κ3) is 3.64. The lowest BCUT2D eigenvalue weighted by atomic mass is 10.4. The maximum atomic E-state index is 5.31. The molecule has 5 heteroatoms. The number of ether oxygens (including phenoxy) is 1. The highest BCUT2D eigenvalue weighted by Crippen LogP contribution is 2.08. The van der Waals surface area contributed by atoms with Gasteiger partial charge in [0, 0.05) is 32.4 Å². The SMILES string of the molecule is Cc1cnc(C)c(NCCN2CCOCC2)n1. The number of hydrogen-bond donors (Lipinski definition) is 1. The number of aryl methyl sites for hydroxylation is 2. The largest absolute Gasteiger partial charge is 0.379 e. The minimum atomic E-state index is 0.850. The highest BCUT2D eigenvalue weighted by molar-refractivity contribution is 5.39. The van der Waals surface area contributed by atoms with Gasteiger partial charge in [0.05, 0.1) is 24.6 Å². The molecule has 2 rings (SSSR count). The average molecular weight is 236 g/mol. The summed E-state index contributed by atoms with van der Waals surface area (Å²) in [4.78, 5) is 11.1. The first-order valence-electron chi connectivity index (χ1n) is 6.10. The van der Waals surface area contributed by atoms with E-state index in [9.17, 15) is 0 Å². The highest BCUT2D eigenvalue weighted by Gasteiger charge is 2.09. The van der Waals surface area contributed by atoms with Gasteiger partial charge in [0.25, 0.3) is 0 Å². The molecular formula is C12H20N4O. The first-order valence-corrected chi connectivity index (χ1v) is 6.10. The van der Waals surface area contributed by atoms with Crippen LogP contribution in [-0.2, 0) is 4.74 Å². The molecule has 1 saturated heterocycles. The molecule has 2 heterocycles. The van der Waals surface area contributed by atoms with Crippen LogP contribution in [-0.4, -0.2) is 54.3 Å². The summed E-state index contributed by atoms with van der Waals surface area (Å²) < 4.78 is 5.31. The van der Waals surface area contributed by atoms with Crippen LogP contribution >= 0.6 is 0 Å². The predicted molar refractivity (Wildman–Crippen MR) is 67.3 cm³/mol. The molecule has 17 heavy (non-hydrogen) atoms. The van der Waals surface area contributed by atoms with E-state index in [4.69, 9.17) is 4.74 Å². The normalized spacial score (nSPS) is 17.1. The van der Waals surface area contributed by atoms with Crippen LogP contribution in [0.4, 0.5) is 5.82 Å². The van der Waals surface area contributed by atoms with Gasteiger partial charge in [-0.05, 0) is 13.8 Å². The van der Waals surface area contributed by atoms with E-state index in [1.54, 1.807) is 6.20 Å². The molecule has 0 spiro atoms. The Morgan fingerprint density at radius 1 is 1.35 bits per heavy atom. The Morgan fingerprint density at radius 2 is 2.12 bits per heavy atom. The van der Waals surface area contributed by atoms with E-state index in [0.29, 0.717) is 0 Å². The van der Waals surface area contributed by atoms with Crippen LogP contribution in [0.25, 0.3) is 0 Å². The maximum absolute atomic E-state index is 5.31. The molecule has 94 valence electrons. The summed E-state index contributed by atoms with van der Waals surface area (Å²) in [5, 5.41) is 3.34. The van der Waals surface area contributed by atoms with Crippen molar-refractivity contribution in [1.82, 2.24) is 14.9 Å². The molecule has 0 bridgehead atoms. The van der Waals surface area contributed by atoms with Crippen molar-refractivity contribution < 1.29 is 4.74 Å². The summed E-state index contributed by atoms with van der Waals surface area (Å²) >= 11 is 0. The summed E-state index contributed by atoms with van der Waals surface area (Å²) in [5.74, 6) is 0.901. The van der Waals surface area contributed by atoms with Crippen molar-refractivity contribution in [3.8, 4) is 0 Å². The van der Waals surface area contributed by atoms with Gasteiger partial charge in [-0.1, -0.05) is 0 Å². The first-order chi connectivity index (χ1) is 8.25. The van der Waals surface area contributed by atoms with Gasteiger partial charge in [0.2, 0.25) is 0 Å². The zero-order valence-electron chi connectivity index (χ0n) is 10.6. The van der Waals surface area contributed by atoms with Crippen LogP contribution in [0.3, 0.4) is 0 Å². The van der Waals surface area contributed by atoms with Gasteiger partial charge in [-0.15, -0.1) is 0 Å². The maximum Gasteiger partial charge on any atom is 0.147 e. The number of rotatable bonds is 4. The zero-order chi connectivity index (χ0) is 12.1. The van der Waals surface area contributed by atoms with Crippen LogP contribution in [0.2, 0.25) is 0 Å². The lowest BCUT2D eigenvalue weighted by Gasteiger charge is -2.26. The van der Waals surface area contributed by atoms with Gasteiger partial charge < -0.3 is 10.1 Å². The molecule has 1 fully saturated rings. The molecule has 0 aromatic carbocycles. The topological polar surface area (TPSA) is 50.3 Å². The molecular weight excluding hydrogens is 216 g/mol. The molecule has 1 aliphatic heterocycles. The van der Waals surface area contributed by atoms with Crippen LogP contribution in [0.5, 0.6) is 0 Å². The fourth-order valence-corrected chi connectivity index (χ4v) is 1.86. The monoisotopic (exact) mass is 236 g/mol. The second kappa shape index (κ2) is 5.93. The second-order valence-electron chi connectivity index (χ2n) is 4.33. The van der Waals surface area contributed by atoms with E-state index in [-0.39, 0.29) is 0 Å². The molecule has 1 aromatic heterocycles. The van der Waals surface area contributed by atoms with Gasteiger partial charge in [-0.3, -0.25) is 9.88 Å². The summed E-state index contributed by atoms with van der Waals surface area (Å²) in [5.41, 5.74) is 1.90. The smallest absolute Gasteiger partial charge is 0.147 e. The van der Waals surface area contributed by atoms with Crippen molar-refractivity contribution >= 4 is 5.82 Å². The van der Waals surface area contributed by atoms with E-state index >= 15 is 0 Å². The number of hydrogen-bond acceptors (Lipinski definition) is 5. The fraction of sp³-hybridized carbons (Fsp3) is 0.667. The van der Waals surface area contributed by atoms with Crippen LogP contribution in [0.15, 0.2) is 6.20 Å². The lowest BCUT2D eigenvalue weighted by Crippen LogP contribution is -2.39. The summed E-state index contributed by atoms with van der Waals surface area (Å²) in [7, 11) is 0. The minimum absolute atomic E-state index is 0.850. The second-order valence-corrected chi connectivity index (χ2v) is 4.33. The summed E-state index contributed by atoms with van der Waals surface area (Å²) in [6, 6.07) is 0. The van der Waals surface area contributed by atoms with Crippen molar-refractivity contribution in [3.05, 3.63) is 17.6 Å². The summed E-state index contributed by atoms with van der Waals surface area (Å²) in [6.45, 7) is 9.62. The Labute approximate surface area is 102 Å². The molecule has 0 unspecified atom stereocenters. The molecule has 0 aliphatic carbocycles. The number of anilines is 1. The molecule has 0 atom stereocenters. The van der Waals surface area contributed by atoms with Crippen molar-refractivity contribution in [3.63, 3.8) is 0 Å². The highest BCUT2D eigenvalue weighted by atomic mass is 16.5. The van der Waals surface area contributed by atoms with E-state index in [1.165, 1.54) is 0 Å². The minimum Gasteiger partial charge on any atom is -0.379 e. The molecule has 1 aromatic rings. The standard InChI is InChI=1S/C12H20N4O/c1-10-9-14-11(2)12(15-10)13-3-4-16-5-7-17-8-6-16/h9H,3-8H2,1-2H3,(H,13,15). The quantitative estimate of drug-likeness (QED) is 0.839. The third-order valence-corrected chi connectivity index (χ3v) is 2.90. The van der Waals surface area contributed by atoms with Crippen molar-refractivity contribution in [2.24, 2.45) is 0 Å². The zero-order valence-corrected chi connectivity index (χ0v) is 10.6. The average Bonchev–Trinajstić information content (AvgIpc) is 2.35. The Kier molecular flexibility index (Phi) is 4.28. The van der Waals surface area contributed by atoms with Crippen LogP contribution in [0, 0.1) is 13.8 Å². The fourth-order valence-electron chi connectivity index (χ4n) is 1.86. The summed E-state index contributed by atoms with van der Waals surface area (Å²) in [6.07, 6.45) is 1.79. The molecule has 5 nitrogen and oxygen atoms in total. The van der Waals surface area contributed by atoms with E-state index < -0.39 is 0 Å². The number of morpholine rings is 1. The van der Waals surface area contributed by atoms with Gasteiger partial charge in [-0.25, -0.2) is 4.98 Å². The third-order valence-electron chi connectivity index (χ3n) is 2.90. The molecule has 0 amide bonds. The Bertz CT molecular complexity index is 364. The van der Waals surface area contributed by atoms with E-state index in [1.807, 2.05) is 13.8 Å². The van der Waals surface area contributed by atoms with Crippen molar-refractivity contribution in [2.45, 2.75) is 13.8 Å². The van der Waals surface area contributed by atoms with Crippen molar-refractivity contribution in [1.29, 1.82) is 0 Å². The molecule has 0 radical (unpaired) electrons. The predicted octanol–water partition coefficient (Wildman–Crippen LogP) is 0.838. The van der Waals surface area contributed by atoms with Gasteiger partial charge in [-0.2, -0.15) is 0 Å². The van der Waals surface area contributed by atoms with Gasteiger partial charge in [0.15, 0.2) is 0 Å². The number of nitrogens with one attached hydrogen (secondary N) is 1. The van der Waals surface area contributed by atoms with Crippen molar-refractivity contribution in [2.75, 3.05) is 44.7 Å². The van der Waals surface area contributed by atoms with Gasteiger partial charge >= 0.3 is 0 Å². The van der Waals surface area contributed by atoms with Crippen LogP contribution in [0.1, 0.15) is 11.4 Å². The van der Waals surface area contributed by atoms with Gasteiger partial charge in [0.1, 0.15) is 5.82 Å². The molecule has 1 aliphatic rings. The molecule has 1 N–H and O–H groups in total. The van der Waals surface area contributed by atoms with Crippen LogP contribution < -0.4 is 5.32 Å². The lowest BCUT2D eigenvalue weighted by molar-refractivity contribution is 0.0398. The number of aromatic nitrogens is 2. The van der Waals surface area contributed by atoms with E-state index in [2.05, 4.69) is 20.2 Å². The van der Waals surface area contributed by atoms with E-state index in [0.717, 1.165) is 56.6 Å². The molecule has 0 saturated carbocycles. The number of nitrogens with zero attached hydrogens (tertiary/aromatic N) is 3. The Balaban J connectivity index is 1.79.